The number of fused-ring (bicyclic) bond motifs is 3. The monoisotopic (exact) mass is 419 g/mol. The van der Waals surface area contributed by atoms with E-state index in [1.165, 1.54) is 22.3 Å². The van der Waals surface area contributed by atoms with Crippen molar-refractivity contribution < 1.29 is 14.6 Å². The molecule has 0 bridgehead atoms. The molecular weight excluding hydrogens is 398 g/mol. The van der Waals surface area contributed by atoms with Crippen LogP contribution in [0.4, 0.5) is 4.79 Å². The highest BCUT2D eigenvalue weighted by molar-refractivity contribution is 6.30. The van der Waals surface area contributed by atoms with E-state index in [9.17, 15) is 9.90 Å². The lowest BCUT2D eigenvalue weighted by Gasteiger charge is -2.14. The Hall–Kier alpha value is -3.08. The second-order valence-corrected chi connectivity index (χ2v) is 7.55. The second kappa shape index (κ2) is 9.16. The van der Waals surface area contributed by atoms with E-state index in [1.54, 1.807) is 12.1 Å². The fraction of sp³-hybridized carbons (Fsp3) is 0.160. The Labute approximate surface area is 180 Å². The summed E-state index contributed by atoms with van der Waals surface area (Å²) in [6, 6.07) is 21.8. The molecular formula is C25H22ClNO3. The summed E-state index contributed by atoms with van der Waals surface area (Å²) in [7, 11) is 0. The summed E-state index contributed by atoms with van der Waals surface area (Å²) < 4.78 is 5.51. The maximum atomic E-state index is 12.2. The second-order valence-electron chi connectivity index (χ2n) is 7.11. The van der Waals surface area contributed by atoms with Gasteiger partial charge >= 0.3 is 6.09 Å². The molecule has 0 radical (unpaired) electrons. The number of benzene rings is 3. The minimum Gasteiger partial charge on any atom is -0.449 e. The quantitative estimate of drug-likeness (QED) is 0.563. The Kier molecular flexibility index (Phi) is 6.17. The molecule has 4 rings (SSSR count). The van der Waals surface area contributed by atoms with Crippen LogP contribution in [0.2, 0.25) is 5.02 Å². The molecule has 1 aliphatic carbocycles. The molecule has 0 spiro atoms. The molecule has 5 heteroatoms. The number of nitrogens with one attached hydrogen (secondary N) is 1. The third kappa shape index (κ3) is 4.25. The zero-order valence-corrected chi connectivity index (χ0v) is 17.1. The van der Waals surface area contributed by atoms with Crippen molar-refractivity contribution in [3.63, 3.8) is 0 Å². The van der Waals surface area contributed by atoms with Gasteiger partial charge in [-0.2, -0.15) is 0 Å². The largest absolute Gasteiger partial charge is 0.449 e. The first-order valence-electron chi connectivity index (χ1n) is 9.82. The highest BCUT2D eigenvalue weighted by Gasteiger charge is 2.28. The van der Waals surface area contributed by atoms with Gasteiger partial charge in [0, 0.05) is 17.5 Å². The van der Waals surface area contributed by atoms with E-state index in [2.05, 4.69) is 29.6 Å². The van der Waals surface area contributed by atoms with Crippen LogP contribution in [0.25, 0.3) is 17.2 Å². The minimum absolute atomic E-state index is 0.0415. The predicted molar refractivity (Wildman–Crippen MR) is 119 cm³/mol. The van der Waals surface area contributed by atoms with E-state index in [4.69, 9.17) is 16.3 Å². The van der Waals surface area contributed by atoms with E-state index in [1.807, 2.05) is 42.5 Å². The average Bonchev–Trinajstić information content (AvgIpc) is 3.10. The number of halogens is 1. The summed E-state index contributed by atoms with van der Waals surface area (Å²) in [6.45, 7) is 0.514. The smallest absolute Gasteiger partial charge is 0.407 e. The minimum atomic E-state index is -0.458. The van der Waals surface area contributed by atoms with Crippen LogP contribution >= 0.6 is 11.6 Å². The van der Waals surface area contributed by atoms with Gasteiger partial charge in [0.15, 0.2) is 0 Å². The van der Waals surface area contributed by atoms with Crippen molar-refractivity contribution in [3.8, 4) is 11.1 Å². The number of carbonyl (C=O) groups excluding carboxylic acids is 1. The number of carbonyl (C=O) groups is 1. The zero-order valence-electron chi connectivity index (χ0n) is 16.3. The van der Waals surface area contributed by atoms with Crippen LogP contribution < -0.4 is 5.32 Å². The molecule has 0 heterocycles. The predicted octanol–water partition coefficient (Wildman–Crippen LogP) is 5.38. The molecule has 0 aromatic heterocycles. The van der Waals surface area contributed by atoms with Crippen LogP contribution in [-0.4, -0.2) is 24.4 Å². The zero-order chi connectivity index (χ0) is 20.9. The van der Waals surface area contributed by atoms with Gasteiger partial charge in [0.05, 0.1) is 6.61 Å². The number of ether oxygens (including phenoxy) is 1. The maximum Gasteiger partial charge on any atom is 0.407 e. The highest BCUT2D eigenvalue weighted by Crippen LogP contribution is 2.44. The third-order valence-corrected chi connectivity index (χ3v) is 5.52. The highest BCUT2D eigenvalue weighted by atomic mass is 35.5. The van der Waals surface area contributed by atoms with Gasteiger partial charge in [-0.1, -0.05) is 78.4 Å². The Bertz CT molecular complexity index is 1050. The van der Waals surface area contributed by atoms with E-state index < -0.39 is 6.09 Å². The van der Waals surface area contributed by atoms with Gasteiger partial charge in [0.25, 0.3) is 0 Å². The average molecular weight is 420 g/mol. The van der Waals surface area contributed by atoms with Crippen LogP contribution in [0, 0.1) is 0 Å². The SMILES string of the molecule is O=C(NCC=Cc1ccc(Cl)cc1CO)OCC1c2ccccc2-c2ccccc21. The molecule has 1 amide bonds. The molecule has 30 heavy (non-hydrogen) atoms. The lowest BCUT2D eigenvalue weighted by Crippen LogP contribution is -2.26. The number of amides is 1. The number of aliphatic hydroxyl groups is 1. The van der Waals surface area contributed by atoms with Crippen molar-refractivity contribution in [3.05, 3.63) is 100 Å². The van der Waals surface area contributed by atoms with Crippen LogP contribution in [0.5, 0.6) is 0 Å². The number of aliphatic hydroxyl groups excluding tert-OH is 1. The Morgan fingerprint density at radius 2 is 1.70 bits per heavy atom. The lowest BCUT2D eigenvalue weighted by atomic mass is 9.98. The molecule has 0 unspecified atom stereocenters. The summed E-state index contributed by atoms with van der Waals surface area (Å²) in [5, 5.41) is 12.7. The van der Waals surface area contributed by atoms with Crippen LogP contribution in [-0.2, 0) is 11.3 Å². The molecule has 0 fully saturated rings. The summed E-state index contributed by atoms with van der Waals surface area (Å²) >= 11 is 5.94. The van der Waals surface area contributed by atoms with Gasteiger partial charge in [-0.05, 0) is 45.5 Å². The van der Waals surface area contributed by atoms with E-state index in [0.717, 1.165) is 11.1 Å². The van der Waals surface area contributed by atoms with Crippen molar-refractivity contribution in [1.82, 2.24) is 5.32 Å². The van der Waals surface area contributed by atoms with Crippen molar-refractivity contribution in [2.45, 2.75) is 12.5 Å². The van der Waals surface area contributed by atoms with Crippen LogP contribution in [0.3, 0.4) is 0 Å². The van der Waals surface area contributed by atoms with Gasteiger partial charge in [0.1, 0.15) is 6.61 Å². The summed E-state index contributed by atoms with van der Waals surface area (Å²) in [5.74, 6) is 0.0415. The molecule has 1 aliphatic rings. The van der Waals surface area contributed by atoms with Crippen molar-refractivity contribution in [1.29, 1.82) is 0 Å². The van der Waals surface area contributed by atoms with Gasteiger partial charge < -0.3 is 15.2 Å². The summed E-state index contributed by atoms with van der Waals surface area (Å²) in [5.41, 5.74) is 6.37. The van der Waals surface area contributed by atoms with Crippen LogP contribution in [0.15, 0.2) is 72.8 Å². The summed E-state index contributed by atoms with van der Waals surface area (Å²) in [4.78, 5) is 12.2. The molecule has 2 N–H and O–H groups in total. The summed E-state index contributed by atoms with van der Waals surface area (Å²) in [6.07, 6.45) is 3.19. The van der Waals surface area contributed by atoms with Gasteiger partial charge in [-0.25, -0.2) is 4.79 Å². The van der Waals surface area contributed by atoms with Crippen LogP contribution in [0.1, 0.15) is 28.2 Å². The number of hydrogen-bond acceptors (Lipinski definition) is 3. The van der Waals surface area contributed by atoms with Gasteiger partial charge in [-0.3, -0.25) is 0 Å². The maximum absolute atomic E-state index is 12.2. The van der Waals surface area contributed by atoms with E-state index >= 15 is 0 Å². The first-order valence-corrected chi connectivity index (χ1v) is 10.2. The standard InChI is InChI=1S/C25H22ClNO3/c26-19-12-11-17(18(14-19)15-28)6-5-13-27-25(29)30-16-24-22-9-3-1-7-20(22)21-8-2-4-10-23(21)24/h1-12,14,24,28H,13,15-16H2,(H,27,29). The third-order valence-electron chi connectivity index (χ3n) is 5.28. The van der Waals surface area contributed by atoms with E-state index in [0.29, 0.717) is 11.6 Å². The Morgan fingerprint density at radius 3 is 2.37 bits per heavy atom. The lowest BCUT2D eigenvalue weighted by molar-refractivity contribution is 0.144. The molecule has 0 atom stereocenters. The van der Waals surface area contributed by atoms with Gasteiger partial charge in [-0.15, -0.1) is 0 Å². The normalized spacial score (nSPS) is 12.6. The molecule has 4 nitrogen and oxygen atoms in total. The Morgan fingerprint density at radius 1 is 1.03 bits per heavy atom. The molecule has 3 aromatic rings. The fourth-order valence-corrected chi connectivity index (χ4v) is 4.05. The fourth-order valence-electron chi connectivity index (χ4n) is 3.85. The molecule has 0 aliphatic heterocycles. The number of hydrogen-bond donors (Lipinski definition) is 2. The molecule has 3 aromatic carbocycles. The van der Waals surface area contributed by atoms with Gasteiger partial charge in [0.2, 0.25) is 0 Å². The van der Waals surface area contributed by atoms with E-state index in [-0.39, 0.29) is 19.1 Å². The number of rotatable bonds is 6. The van der Waals surface area contributed by atoms with Crippen molar-refractivity contribution in [2.24, 2.45) is 0 Å². The molecule has 152 valence electrons. The first kappa shape index (κ1) is 20.2. The number of alkyl carbamates (subject to hydrolysis) is 1. The van der Waals surface area contributed by atoms with Crippen molar-refractivity contribution >= 4 is 23.8 Å². The topological polar surface area (TPSA) is 58.6 Å². The van der Waals surface area contributed by atoms with Crippen molar-refractivity contribution in [2.75, 3.05) is 13.2 Å². The first-order chi connectivity index (χ1) is 14.7. The molecule has 0 saturated heterocycles. The Balaban J connectivity index is 1.34. The molecule has 0 saturated carbocycles.